The highest BCUT2D eigenvalue weighted by molar-refractivity contribution is 5.81. The molecule has 0 saturated carbocycles. The van der Waals surface area contributed by atoms with Gasteiger partial charge < -0.3 is 20.5 Å². The molecular formula is C26H32N2O5. The van der Waals surface area contributed by atoms with Crippen molar-refractivity contribution >= 4 is 18.0 Å². The molecule has 3 N–H and O–H groups in total. The summed E-state index contributed by atoms with van der Waals surface area (Å²) in [5.41, 5.74) is 4.60. The van der Waals surface area contributed by atoms with Crippen molar-refractivity contribution in [2.75, 3.05) is 13.2 Å². The number of amides is 2. The van der Waals surface area contributed by atoms with Gasteiger partial charge in [0.1, 0.15) is 6.61 Å². The second kappa shape index (κ2) is 11.0. The fourth-order valence-electron chi connectivity index (χ4n) is 4.59. The molecule has 0 aliphatic heterocycles. The van der Waals surface area contributed by atoms with Crippen LogP contribution in [0.25, 0.3) is 11.1 Å². The van der Waals surface area contributed by atoms with Gasteiger partial charge in [-0.1, -0.05) is 62.4 Å². The molecule has 0 radical (unpaired) electrons. The van der Waals surface area contributed by atoms with Crippen LogP contribution < -0.4 is 10.6 Å². The summed E-state index contributed by atoms with van der Waals surface area (Å²) < 4.78 is 5.60. The maximum Gasteiger partial charge on any atom is 0.407 e. The maximum absolute atomic E-state index is 12.6. The molecule has 0 heterocycles. The number of carbonyl (C=O) groups excluding carboxylic acids is 2. The number of ether oxygens (including phenoxy) is 1. The van der Waals surface area contributed by atoms with Crippen LogP contribution in [0, 0.1) is 11.8 Å². The highest BCUT2D eigenvalue weighted by Crippen LogP contribution is 2.44. The number of hydrogen-bond acceptors (Lipinski definition) is 4. The number of benzene rings is 2. The molecule has 176 valence electrons. The number of hydrogen-bond donors (Lipinski definition) is 3. The molecule has 0 fully saturated rings. The van der Waals surface area contributed by atoms with Crippen LogP contribution >= 0.6 is 0 Å². The topological polar surface area (TPSA) is 105 Å². The minimum Gasteiger partial charge on any atom is -0.481 e. The Balaban J connectivity index is 1.57. The van der Waals surface area contributed by atoms with Crippen LogP contribution in [0.5, 0.6) is 0 Å². The smallest absolute Gasteiger partial charge is 0.407 e. The molecule has 2 aromatic carbocycles. The van der Waals surface area contributed by atoms with Crippen molar-refractivity contribution in [1.29, 1.82) is 0 Å². The molecule has 2 amide bonds. The lowest BCUT2D eigenvalue weighted by Crippen LogP contribution is -2.48. The van der Waals surface area contributed by atoms with E-state index >= 15 is 0 Å². The third kappa shape index (κ3) is 5.92. The molecule has 0 aromatic heterocycles. The Morgan fingerprint density at radius 3 is 2.09 bits per heavy atom. The van der Waals surface area contributed by atoms with Gasteiger partial charge in [0.15, 0.2) is 0 Å². The van der Waals surface area contributed by atoms with Crippen molar-refractivity contribution in [2.45, 2.75) is 45.6 Å². The first-order valence-corrected chi connectivity index (χ1v) is 11.4. The Kier molecular flexibility index (Phi) is 8.09. The SMILES string of the molecule is CC(C)C(C(=O)NCCCC(=O)O)C(C)NC(=O)OCC1c2ccccc2-c2ccccc21. The quantitative estimate of drug-likeness (QED) is 0.470. The number of rotatable bonds is 10. The van der Waals surface area contributed by atoms with Gasteiger partial charge in [0.05, 0.1) is 5.92 Å². The Labute approximate surface area is 194 Å². The first-order chi connectivity index (χ1) is 15.8. The zero-order valence-electron chi connectivity index (χ0n) is 19.3. The van der Waals surface area contributed by atoms with E-state index in [9.17, 15) is 14.4 Å². The van der Waals surface area contributed by atoms with Gasteiger partial charge in [-0.15, -0.1) is 0 Å². The van der Waals surface area contributed by atoms with E-state index in [2.05, 4.69) is 34.9 Å². The fourth-order valence-corrected chi connectivity index (χ4v) is 4.59. The molecule has 2 unspecified atom stereocenters. The largest absolute Gasteiger partial charge is 0.481 e. The molecule has 0 spiro atoms. The summed E-state index contributed by atoms with van der Waals surface area (Å²) in [6, 6.07) is 15.8. The van der Waals surface area contributed by atoms with Crippen LogP contribution in [0.2, 0.25) is 0 Å². The van der Waals surface area contributed by atoms with Gasteiger partial charge in [-0.2, -0.15) is 0 Å². The molecule has 1 aliphatic rings. The zero-order chi connectivity index (χ0) is 24.0. The lowest BCUT2D eigenvalue weighted by molar-refractivity contribution is -0.137. The minimum atomic E-state index is -0.894. The Bertz CT molecular complexity index is 958. The average molecular weight is 453 g/mol. The van der Waals surface area contributed by atoms with Gasteiger partial charge in [-0.3, -0.25) is 9.59 Å². The summed E-state index contributed by atoms with van der Waals surface area (Å²) >= 11 is 0. The van der Waals surface area contributed by atoms with Gasteiger partial charge in [0, 0.05) is 24.9 Å². The van der Waals surface area contributed by atoms with Crippen molar-refractivity contribution in [3.8, 4) is 11.1 Å². The lowest BCUT2D eigenvalue weighted by atomic mass is 9.88. The molecule has 7 heteroatoms. The second-order valence-corrected chi connectivity index (χ2v) is 8.82. The van der Waals surface area contributed by atoms with Crippen LogP contribution in [-0.2, 0) is 14.3 Å². The summed E-state index contributed by atoms with van der Waals surface area (Å²) in [5.74, 6) is -1.61. The van der Waals surface area contributed by atoms with E-state index in [0.29, 0.717) is 6.42 Å². The van der Waals surface area contributed by atoms with Crippen molar-refractivity contribution in [2.24, 2.45) is 11.8 Å². The van der Waals surface area contributed by atoms with Crippen molar-refractivity contribution < 1.29 is 24.2 Å². The first-order valence-electron chi connectivity index (χ1n) is 11.4. The molecule has 7 nitrogen and oxygen atoms in total. The van der Waals surface area contributed by atoms with Crippen LogP contribution in [-0.4, -0.2) is 42.3 Å². The number of carbonyl (C=O) groups is 3. The second-order valence-electron chi connectivity index (χ2n) is 8.82. The van der Waals surface area contributed by atoms with E-state index in [4.69, 9.17) is 9.84 Å². The molecule has 0 saturated heterocycles. The molecule has 2 atom stereocenters. The standard InChI is InChI=1S/C26H32N2O5/c1-16(2)24(25(31)27-14-8-13-23(29)30)17(3)28-26(32)33-15-22-20-11-6-4-9-18(20)19-10-5-7-12-21(19)22/h4-7,9-12,16-17,22,24H,8,13-15H2,1-3H3,(H,27,31)(H,28,32)(H,29,30). The molecule has 1 aliphatic carbocycles. The molecule has 2 aromatic rings. The van der Waals surface area contributed by atoms with Gasteiger partial charge in [-0.05, 0) is 41.5 Å². The first kappa shape index (κ1) is 24.3. The molecule has 33 heavy (non-hydrogen) atoms. The average Bonchev–Trinajstić information content (AvgIpc) is 3.09. The highest BCUT2D eigenvalue weighted by Gasteiger charge is 2.31. The fraction of sp³-hybridized carbons (Fsp3) is 0.423. The molecule has 0 bridgehead atoms. The Morgan fingerprint density at radius 1 is 0.970 bits per heavy atom. The predicted molar refractivity (Wildman–Crippen MR) is 126 cm³/mol. The van der Waals surface area contributed by atoms with Crippen LogP contribution in [0.15, 0.2) is 48.5 Å². The monoisotopic (exact) mass is 452 g/mol. The normalized spacial score (nSPS) is 14.2. The van der Waals surface area contributed by atoms with Crippen LogP contribution in [0.4, 0.5) is 4.79 Å². The van der Waals surface area contributed by atoms with Gasteiger partial charge in [0.2, 0.25) is 5.91 Å². The summed E-state index contributed by atoms with van der Waals surface area (Å²) in [6.45, 7) is 6.10. The maximum atomic E-state index is 12.6. The van der Waals surface area contributed by atoms with E-state index in [0.717, 1.165) is 22.3 Å². The zero-order valence-corrected chi connectivity index (χ0v) is 19.3. The van der Waals surface area contributed by atoms with Crippen LogP contribution in [0.3, 0.4) is 0 Å². The number of nitrogens with one attached hydrogen (secondary N) is 2. The summed E-state index contributed by atoms with van der Waals surface area (Å²) in [4.78, 5) is 35.9. The van der Waals surface area contributed by atoms with E-state index in [-0.39, 0.29) is 37.3 Å². The van der Waals surface area contributed by atoms with Crippen molar-refractivity contribution in [3.05, 3.63) is 59.7 Å². The summed E-state index contributed by atoms with van der Waals surface area (Å²) in [7, 11) is 0. The van der Waals surface area contributed by atoms with E-state index in [1.807, 2.05) is 38.1 Å². The number of alkyl carbamates (subject to hydrolysis) is 1. The predicted octanol–water partition coefficient (Wildman–Crippen LogP) is 4.17. The Morgan fingerprint density at radius 2 is 1.55 bits per heavy atom. The number of carboxylic acids is 1. The summed E-state index contributed by atoms with van der Waals surface area (Å²) in [5, 5.41) is 14.3. The Hall–Kier alpha value is -3.35. The van der Waals surface area contributed by atoms with Crippen molar-refractivity contribution in [1.82, 2.24) is 10.6 Å². The number of carboxylic acid groups (broad SMARTS) is 1. The minimum absolute atomic E-state index is 0.000177. The number of aliphatic carboxylic acids is 1. The van der Waals surface area contributed by atoms with Gasteiger partial charge in [0.25, 0.3) is 0 Å². The van der Waals surface area contributed by atoms with E-state index in [1.165, 1.54) is 0 Å². The molecular weight excluding hydrogens is 420 g/mol. The van der Waals surface area contributed by atoms with Crippen LogP contribution in [0.1, 0.15) is 50.7 Å². The third-order valence-corrected chi connectivity index (χ3v) is 6.12. The van der Waals surface area contributed by atoms with Gasteiger partial charge >= 0.3 is 12.1 Å². The number of fused-ring (bicyclic) bond motifs is 3. The van der Waals surface area contributed by atoms with Gasteiger partial charge in [-0.25, -0.2) is 4.79 Å². The molecule has 3 rings (SSSR count). The van der Waals surface area contributed by atoms with E-state index in [1.54, 1.807) is 6.92 Å². The lowest BCUT2D eigenvalue weighted by Gasteiger charge is -2.27. The summed E-state index contributed by atoms with van der Waals surface area (Å²) in [6.07, 6.45) is -0.200. The van der Waals surface area contributed by atoms with Crippen molar-refractivity contribution in [3.63, 3.8) is 0 Å². The highest BCUT2D eigenvalue weighted by atomic mass is 16.5. The van der Waals surface area contributed by atoms with E-state index < -0.39 is 24.0 Å². The third-order valence-electron chi connectivity index (χ3n) is 6.12.